The van der Waals surface area contributed by atoms with Crippen molar-refractivity contribution in [2.24, 2.45) is 5.41 Å². The van der Waals surface area contributed by atoms with Crippen molar-refractivity contribution in [1.82, 2.24) is 20.2 Å². The lowest BCUT2D eigenvalue weighted by Crippen LogP contribution is -2.57. The summed E-state index contributed by atoms with van der Waals surface area (Å²) < 4.78 is 22.0. The molecule has 2 aromatic rings. The molecule has 1 saturated heterocycles. The first kappa shape index (κ1) is 31.9. The number of nitrogens with one attached hydrogen (secondary N) is 1. The summed E-state index contributed by atoms with van der Waals surface area (Å²) in [4.78, 5) is 50.2. The van der Waals surface area contributed by atoms with Gasteiger partial charge in [-0.25, -0.2) is 19.6 Å². The van der Waals surface area contributed by atoms with Crippen LogP contribution in [0.25, 0.3) is 11.0 Å². The molecular weight excluding hydrogens is 528 g/mol. The molecule has 41 heavy (non-hydrogen) atoms. The van der Waals surface area contributed by atoms with Crippen LogP contribution < -0.4 is 14.8 Å². The number of benzene rings is 1. The molecule has 11 nitrogen and oxygen atoms in total. The fourth-order valence-corrected chi connectivity index (χ4v) is 4.71. The zero-order valence-electron chi connectivity index (χ0n) is 25.3. The molecule has 1 aromatic carbocycles. The van der Waals surface area contributed by atoms with Crippen LogP contribution in [0.3, 0.4) is 0 Å². The highest BCUT2D eigenvalue weighted by atomic mass is 16.5. The maximum Gasteiger partial charge on any atom is 0.407 e. The molecule has 0 aliphatic carbocycles. The average molecular weight is 573 g/mol. The Morgan fingerprint density at radius 3 is 2.44 bits per heavy atom. The van der Waals surface area contributed by atoms with Crippen LogP contribution in [0.4, 0.5) is 4.79 Å². The van der Waals surface area contributed by atoms with Crippen LogP contribution in [0.15, 0.2) is 18.2 Å². The van der Waals surface area contributed by atoms with Crippen molar-refractivity contribution < 1.29 is 33.3 Å². The van der Waals surface area contributed by atoms with Crippen molar-refractivity contribution >= 4 is 29.0 Å². The van der Waals surface area contributed by atoms with Crippen LogP contribution in [0.1, 0.15) is 72.4 Å². The first-order chi connectivity index (χ1) is 19.5. The van der Waals surface area contributed by atoms with Gasteiger partial charge in [-0.1, -0.05) is 47.5 Å². The van der Waals surface area contributed by atoms with Crippen LogP contribution in [-0.2, 0) is 25.5 Å². The van der Waals surface area contributed by atoms with Gasteiger partial charge in [0, 0.05) is 12.5 Å². The van der Waals surface area contributed by atoms with Crippen molar-refractivity contribution in [1.29, 1.82) is 0 Å². The average Bonchev–Trinajstić information content (AvgIpc) is 3.37. The van der Waals surface area contributed by atoms with Crippen LogP contribution in [0.5, 0.6) is 11.6 Å². The lowest BCUT2D eigenvalue weighted by molar-refractivity contribution is -0.152. The van der Waals surface area contributed by atoms with Crippen molar-refractivity contribution in [2.45, 2.75) is 91.3 Å². The molecule has 1 aliphatic heterocycles. The fourth-order valence-electron chi connectivity index (χ4n) is 4.71. The number of amides is 2. The Labute approximate surface area is 242 Å². The molecule has 0 radical (unpaired) electrons. The summed E-state index contributed by atoms with van der Waals surface area (Å²) in [6.07, 6.45) is 3.14. The molecule has 0 unspecified atom stereocenters. The van der Waals surface area contributed by atoms with E-state index >= 15 is 0 Å². The number of nitrogens with zero attached hydrogens (tertiary/aromatic N) is 3. The fraction of sp³-hybridized carbons (Fsp3) is 0.633. The van der Waals surface area contributed by atoms with Crippen LogP contribution in [0, 0.1) is 5.41 Å². The molecule has 1 fully saturated rings. The van der Waals surface area contributed by atoms with Gasteiger partial charge in [-0.05, 0) is 36.8 Å². The summed E-state index contributed by atoms with van der Waals surface area (Å²) in [6, 6.07) is 3.67. The van der Waals surface area contributed by atoms with E-state index in [-0.39, 0.29) is 19.6 Å². The van der Waals surface area contributed by atoms with E-state index in [1.165, 1.54) is 12.0 Å². The van der Waals surface area contributed by atoms with Crippen LogP contribution in [-0.4, -0.2) is 78.4 Å². The predicted octanol–water partition coefficient (Wildman–Crippen LogP) is 4.44. The van der Waals surface area contributed by atoms with Crippen molar-refractivity contribution in [3.05, 3.63) is 23.9 Å². The Morgan fingerprint density at radius 2 is 1.80 bits per heavy atom. The molecule has 1 N–H and O–H groups in total. The third-order valence-electron chi connectivity index (χ3n) is 7.08. The van der Waals surface area contributed by atoms with Gasteiger partial charge in [0.25, 0.3) is 0 Å². The number of esters is 1. The smallest absolute Gasteiger partial charge is 0.407 e. The molecule has 226 valence electrons. The molecule has 0 bridgehead atoms. The Kier molecular flexibility index (Phi) is 11.1. The molecular formula is C30H44N4O7. The van der Waals surface area contributed by atoms with Gasteiger partial charge in [-0.3, -0.25) is 4.79 Å². The number of unbranched alkanes of at least 4 members (excludes halogenated alkanes) is 2. The first-order valence-corrected chi connectivity index (χ1v) is 14.3. The second-order valence-corrected chi connectivity index (χ2v) is 11.4. The Morgan fingerprint density at radius 1 is 1.07 bits per heavy atom. The number of hydrogen-bond acceptors (Lipinski definition) is 9. The summed E-state index contributed by atoms with van der Waals surface area (Å²) in [5.74, 6) is 0.0543. The number of ether oxygens (including phenoxy) is 4. The van der Waals surface area contributed by atoms with Crippen LogP contribution in [0.2, 0.25) is 0 Å². The number of fused-ring (bicyclic) bond motifs is 1. The number of carbonyl (C=O) groups excluding carboxylic acids is 3. The number of aryl methyl sites for hydroxylation is 1. The maximum atomic E-state index is 13.9. The van der Waals surface area contributed by atoms with Crippen LogP contribution >= 0.6 is 0 Å². The summed E-state index contributed by atoms with van der Waals surface area (Å²) in [7, 11) is 2.87. The highest BCUT2D eigenvalue weighted by Gasteiger charge is 2.46. The van der Waals surface area contributed by atoms with Crippen molar-refractivity contribution in [2.75, 3.05) is 27.4 Å². The summed E-state index contributed by atoms with van der Waals surface area (Å²) in [6.45, 7) is 10.0. The zero-order chi connectivity index (χ0) is 30.2. The number of methoxy groups -OCH3 is 2. The van der Waals surface area contributed by atoms with Gasteiger partial charge < -0.3 is 29.2 Å². The highest BCUT2D eigenvalue weighted by molar-refractivity contribution is 5.91. The molecule has 0 saturated carbocycles. The monoisotopic (exact) mass is 572 g/mol. The largest absolute Gasteiger partial charge is 0.497 e. The number of hydrogen-bond donors (Lipinski definition) is 1. The van der Waals surface area contributed by atoms with E-state index in [4.69, 9.17) is 28.9 Å². The number of rotatable bonds is 12. The molecule has 3 rings (SSSR count). The number of carbonyl (C=O) groups is 3. The zero-order valence-corrected chi connectivity index (χ0v) is 25.3. The number of likely N-dealkylation sites (tertiary alicyclic amines) is 1. The number of alkyl carbamates (subject to hydrolysis) is 1. The van der Waals surface area contributed by atoms with E-state index in [1.807, 2.05) is 39.8 Å². The molecule has 1 aliphatic rings. The standard InChI is InChI=1S/C30H44N4O7/c1-8-10-12-22-26(32-23-16-19(38-6)13-14-21(23)31-22)41-20-17-24(28(36)39-7)34(18-20)27(35)25(30(3,4)5)33-29(37)40-15-11-9-2/h13-14,16,20,24-25H,8-12,15,17-18H2,1-7H3,(H,33,37)/t20-,24+,25-/m1/s1. The third kappa shape index (κ3) is 8.20. The van der Waals surface area contributed by atoms with Gasteiger partial charge in [0.05, 0.1) is 38.4 Å². The van der Waals surface area contributed by atoms with Gasteiger partial charge in [0.1, 0.15) is 29.6 Å². The van der Waals surface area contributed by atoms with E-state index in [2.05, 4.69) is 12.2 Å². The van der Waals surface area contributed by atoms with Gasteiger partial charge in [0.2, 0.25) is 11.8 Å². The van der Waals surface area contributed by atoms with Crippen molar-refractivity contribution in [3.63, 3.8) is 0 Å². The Hall–Kier alpha value is -3.63. The summed E-state index contributed by atoms with van der Waals surface area (Å²) in [5.41, 5.74) is 1.41. The topological polar surface area (TPSA) is 129 Å². The molecule has 3 atom stereocenters. The molecule has 2 heterocycles. The highest BCUT2D eigenvalue weighted by Crippen LogP contribution is 2.30. The second kappa shape index (κ2) is 14.3. The minimum Gasteiger partial charge on any atom is -0.497 e. The minimum absolute atomic E-state index is 0.114. The minimum atomic E-state index is -0.935. The van der Waals surface area contributed by atoms with Gasteiger partial charge in [0.15, 0.2) is 0 Å². The lowest BCUT2D eigenvalue weighted by Gasteiger charge is -2.34. The second-order valence-electron chi connectivity index (χ2n) is 11.4. The van der Waals surface area contributed by atoms with E-state index in [1.54, 1.807) is 13.2 Å². The predicted molar refractivity (Wildman–Crippen MR) is 154 cm³/mol. The molecule has 11 heteroatoms. The number of aromatic nitrogens is 2. The van der Waals surface area contributed by atoms with E-state index < -0.39 is 41.6 Å². The molecule has 1 aromatic heterocycles. The SMILES string of the molecule is CCCCOC(=O)N[C@H](C(=O)N1C[C@H](Oc2nc3cc(OC)ccc3nc2CCCC)C[C@H]1C(=O)OC)C(C)(C)C. The molecule has 2 amide bonds. The summed E-state index contributed by atoms with van der Waals surface area (Å²) >= 11 is 0. The van der Waals surface area contributed by atoms with E-state index in [0.29, 0.717) is 29.3 Å². The Balaban J connectivity index is 1.88. The van der Waals surface area contributed by atoms with Crippen molar-refractivity contribution in [3.8, 4) is 11.6 Å². The van der Waals surface area contributed by atoms with E-state index in [9.17, 15) is 14.4 Å². The van der Waals surface area contributed by atoms with Gasteiger partial charge in [-0.15, -0.1) is 0 Å². The van der Waals surface area contributed by atoms with E-state index in [0.717, 1.165) is 31.2 Å². The van der Waals surface area contributed by atoms with Gasteiger partial charge >= 0.3 is 12.1 Å². The Bertz CT molecular complexity index is 1210. The lowest BCUT2D eigenvalue weighted by atomic mass is 9.85. The first-order valence-electron chi connectivity index (χ1n) is 14.3. The molecule has 0 spiro atoms. The van der Waals surface area contributed by atoms with Gasteiger partial charge in [-0.2, -0.15) is 0 Å². The maximum absolute atomic E-state index is 13.9. The summed E-state index contributed by atoms with van der Waals surface area (Å²) in [5, 5.41) is 2.72. The quantitative estimate of drug-likeness (QED) is 0.290. The third-order valence-corrected chi connectivity index (χ3v) is 7.08. The normalized spacial score (nSPS) is 17.7.